The molecule has 0 saturated heterocycles. The number of rotatable bonds is 11. The summed E-state index contributed by atoms with van der Waals surface area (Å²) in [6.07, 6.45) is 7.84. The highest BCUT2D eigenvalue weighted by atomic mass is 16.5. The van der Waals surface area contributed by atoms with E-state index >= 15 is 0 Å². The van der Waals surface area contributed by atoms with E-state index in [2.05, 4.69) is 18.6 Å². The number of unbranched alkanes of at least 4 members (excludes halogenated alkanes) is 3. The number of hydrogen-bond donors (Lipinski definition) is 1. The number of carbonyl (C=O) groups excluding carboxylic acids is 1. The standard InChI is InChI=1S/C15H31NO3/c1-5-6-7-8-10-13(2)19-12-9-11-15(3,16)14(17)18-4/h13H,5-12,16H2,1-4H3. The van der Waals surface area contributed by atoms with Crippen LogP contribution < -0.4 is 5.73 Å². The molecule has 0 aromatic carbocycles. The zero-order valence-electron chi connectivity index (χ0n) is 13.0. The molecule has 0 aromatic heterocycles. The van der Waals surface area contributed by atoms with Gasteiger partial charge in [-0.2, -0.15) is 0 Å². The average Bonchev–Trinajstić information content (AvgIpc) is 2.38. The summed E-state index contributed by atoms with van der Waals surface area (Å²) < 4.78 is 10.4. The second-order valence-electron chi connectivity index (χ2n) is 5.54. The van der Waals surface area contributed by atoms with Crippen molar-refractivity contribution in [2.45, 2.75) is 77.4 Å². The second kappa shape index (κ2) is 10.2. The maximum absolute atomic E-state index is 11.4. The highest BCUT2D eigenvalue weighted by Gasteiger charge is 2.28. The van der Waals surface area contributed by atoms with Crippen LogP contribution in [-0.2, 0) is 14.3 Å². The van der Waals surface area contributed by atoms with Gasteiger partial charge >= 0.3 is 5.97 Å². The Hall–Kier alpha value is -0.610. The first-order valence-corrected chi connectivity index (χ1v) is 7.43. The molecule has 0 fully saturated rings. The van der Waals surface area contributed by atoms with Gasteiger partial charge in [-0.15, -0.1) is 0 Å². The summed E-state index contributed by atoms with van der Waals surface area (Å²) in [5.41, 5.74) is 4.97. The molecule has 0 amide bonds. The smallest absolute Gasteiger partial charge is 0.325 e. The summed E-state index contributed by atoms with van der Waals surface area (Å²) >= 11 is 0. The van der Waals surface area contributed by atoms with Gasteiger partial charge in [-0.25, -0.2) is 0 Å². The minimum absolute atomic E-state index is 0.291. The Morgan fingerprint density at radius 2 is 1.95 bits per heavy atom. The van der Waals surface area contributed by atoms with Gasteiger partial charge < -0.3 is 15.2 Å². The van der Waals surface area contributed by atoms with Gasteiger partial charge in [-0.05, 0) is 33.1 Å². The third kappa shape index (κ3) is 9.00. The van der Waals surface area contributed by atoms with E-state index in [1.54, 1.807) is 6.92 Å². The topological polar surface area (TPSA) is 61.5 Å². The third-order valence-electron chi connectivity index (χ3n) is 3.36. The predicted molar refractivity (Wildman–Crippen MR) is 78.0 cm³/mol. The quantitative estimate of drug-likeness (QED) is 0.464. The van der Waals surface area contributed by atoms with E-state index in [9.17, 15) is 4.79 Å². The van der Waals surface area contributed by atoms with E-state index in [1.807, 2.05) is 0 Å². The Morgan fingerprint density at radius 1 is 1.26 bits per heavy atom. The molecule has 0 radical (unpaired) electrons. The van der Waals surface area contributed by atoms with Gasteiger partial charge in [0.15, 0.2) is 0 Å². The summed E-state index contributed by atoms with van der Waals surface area (Å²) in [6, 6.07) is 0. The first-order valence-electron chi connectivity index (χ1n) is 7.43. The van der Waals surface area contributed by atoms with Gasteiger partial charge in [-0.3, -0.25) is 4.79 Å². The average molecular weight is 273 g/mol. The number of hydrogen-bond acceptors (Lipinski definition) is 4. The Labute approximate surface area is 118 Å². The normalized spacial score (nSPS) is 15.8. The fraction of sp³-hybridized carbons (Fsp3) is 0.933. The fourth-order valence-corrected chi connectivity index (χ4v) is 2.00. The molecule has 0 saturated carbocycles. The van der Waals surface area contributed by atoms with Crippen molar-refractivity contribution in [1.82, 2.24) is 0 Å². The van der Waals surface area contributed by atoms with Crippen LogP contribution in [0.1, 0.15) is 65.7 Å². The van der Waals surface area contributed by atoms with Crippen molar-refractivity contribution in [3.63, 3.8) is 0 Å². The van der Waals surface area contributed by atoms with E-state index in [1.165, 1.54) is 32.8 Å². The first-order chi connectivity index (χ1) is 8.94. The van der Waals surface area contributed by atoms with Gasteiger partial charge in [-0.1, -0.05) is 32.6 Å². The highest BCUT2D eigenvalue weighted by Crippen LogP contribution is 2.12. The van der Waals surface area contributed by atoms with E-state index < -0.39 is 5.54 Å². The van der Waals surface area contributed by atoms with Crippen molar-refractivity contribution in [1.29, 1.82) is 0 Å². The van der Waals surface area contributed by atoms with E-state index in [4.69, 9.17) is 10.5 Å². The first kappa shape index (κ1) is 18.4. The third-order valence-corrected chi connectivity index (χ3v) is 3.36. The minimum Gasteiger partial charge on any atom is -0.468 e. The summed E-state index contributed by atoms with van der Waals surface area (Å²) in [5, 5.41) is 0. The summed E-state index contributed by atoms with van der Waals surface area (Å²) in [4.78, 5) is 11.4. The molecular weight excluding hydrogens is 242 g/mol. The molecule has 0 aliphatic carbocycles. The van der Waals surface area contributed by atoms with Crippen molar-refractivity contribution < 1.29 is 14.3 Å². The number of esters is 1. The van der Waals surface area contributed by atoms with Crippen LogP contribution in [0.2, 0.25) is 0 Å². The van der Waals surface area contributed by atoms with Crippen molar-refractivity contribution >= 4 is 5.97 Å². The predicted octanol–water partition coefficient (Wildman–Crippen LogP) is 3.03. The second-order valence-corrected chi connectivity index (χ2v) is 5.54. The van der Waals surface area contributed by atoms with Crippen molar-refractivity contribution in [2.75, 3.05) is 13.7 Å². The van der Waals surface area contributed by atoms with Crippen LogP contribution in [0.25, 0.3) is 0 Å². The summed E-state index contributed by atoms with van der Waals surface area (Å²) in [6.45, 7) is 6.67. The monoisotopic (exact) mass is 273 g/mol. The van der Waals surface area contributed by atoms with Gasteiger partial charge in [0, 0.05) is 6.61 Å². The molecule has 0 bridgehead atoms. The number of carbonyl (C=O) groups is 1. The van der Waals surface area contributed by atoms with Crippen LogP contribution in [0.5, 0.6) is 0 Å². The summed E-state index contributed by atoms with van der Waals surface area (Å²) in [5.74, 6) is -0.361. The highest BCUT2D eigenvalue weighted by molar-refractivity contribution is 5.79. The van der Waals surface area contributed by atoms with Gasteiger partial charge in [0.2, 0.25) is 0 Å². The van der Waals surface area contributed by atoms with Gasteiger partial charge in [0.05, 0.1) is 13.2 Å². The molecule has 0 aliphatic rings. The lowest BCUT2D eigenvalue weighted by atomic mass is 9.98. The lowest BCUT2D eigenvalue weighted by molar-refractivity contribution is -0.146. The molecule has 19 heavy (non-hydrogen) atoms. The van der Waals surface area contributed by atoms with Crippen LogP contribution in [0.3, 0.4) is 0 Å². The molecule has 0 aliphatic heterocycles. The Morgan fingerprint density at radius 3 is 2.53 bits per heavy atom. The Balaban J connectivity index is 3.60. The van der Waals surface area contributed by atoms with Crippen LogP contribution in [0.15, 0.2) is 0 Å². The molecule has 114 valence electrons. The van der Waals surface area contributed by atoms with Crippen molar-refractivity contribution in [3.8, 4) is 0 Å². The lowest BCUT2D eigenvalue weighted by Crippen LogP contribution is -2.45. The van der Waals surface area contributed by atoms with Crippen LogP contribution >= 0.6 is 0 Å². The van der Waals surface area contributed by atoms with Crippen molar-refractivity contribution in [2.24, 2.45) is 5.73 Å². The molecule has 0 spiro atoms. The molecule has 4 heteroatoms. The Kier molecular flexibility index (Phi) is 9.88. The molecule has 2 atom stereocenters. The lowest BCUT2D eigenvalue weighted by Gasteiger charge is -2.21. The van der Waals surface area contributed by atoms with Crippen LogP contribution in [0.4, 0.5) is 0 Å². The van der Waals surface area contributed by atoms with Crippen molar-refractivity contribution in [3.05, 3.63) is 0 Å². The van der Waals surface area contributed by atoms with Crippen LogP contribution in [-0.4, -0.2) is 31.3 Å². The molecule has 0 rings (SSSR count). The SMILES string of the molecule is CCCCCCC(C)OCCCC(C)(N)C(=O)OC. The Bertz CT molecular complexity index is 242. The zero-order chi connectivity index (χ0) is 14.7. The molecule has 4 nitrogen and oxygen atoms in total. The maximum Gasteiger partial charge on any atom is 0.325 e. The minimum atomic E-state index is -0.900. The largest absolute Gasteiger partial charge is 0.468 e. The molecule has 0 heterocycles. The maximum atomic E-state index is 11.4. The number of ether oxygens (including phenoxy) is 2. The molecular formula is C15H31NO3. The number of methoxy groups -OCH3 is 1. The number of nitrogens with two attached hydrogens (primary N) is 1. The fourth-order valence-electron chi connectivity index (χ4n) is 2.00. The molecule has 0 aromatic rings. The van der Waals surface area contributed by atoms with Gasteiger partial charge in [0.1, 0.15) is 5.54 Å². The zero-order valence-corrected chi connectivity index (χ0v) is 13.0. The molecule has 2 N–H and O–H groups in total. The van der Waals surface area contributed by atoms with E-state index in [0.717, 1.165) is 12.8 Å². The summed E-state index contributed by atoms with van der Waals surface area (Å²) in [7, 11) is 1.36. The van der Waals surface area contributed by atoms with E-state index in [-0.39, 0.29) is 5.97 Å². The van der Waals surface area contributed by atoms with Crippen LogP contribution in [0, 0.1) is 0 Å². The van der Waals surface area contributed by atoms with Gasteiger partial charge in [0.25, 0.3) is 0 Å². The van der Waals surface area contributed by atoms with E-state index in [0.29, 0.717) is 19.1 Å². The molecule has 2 unspecified atom stereocenters.